The average Bonchev–Trinajstić information content (AvgIpc) is 3.39. The van der Waals surface area contributed by atoms with E-state index in [4.69, 9.17) is 0 Å². The third-order valence-electron chi connectivity index (χ3n) is 11.6. The Hall–Kier alpha value is -1.75. The summed E-state index contributed by atoms with van der Waals surface area (Å²) >= 11 is 0. The molecule has 5 heteroatoms. The molecule has 2 aromatic rings. The van der Waals surface area contributed by atoms with Crippen molar-refractivity contribution >= 4 is 16.8 Å². The summed E-state index contributed by atoms with van der Waals surface area (Å²) in [7, 11) is 0. The van der Waals surface area contributed by atoms with Gasteiger partial charge in [0.15, 0.2) is 5.78 Å². The number of rotatable bonds is 4. The van der Waals surface area contributed by atoms with Gasteiger partial charge in [-0.3, -0.25) is 4.79 Å². The van der Waals surface area contributed by atoms with Crippen LogP contribution in [0, 0.1) is 40.4 Å². The van der Waals surface area contributed by atoms with Crippen molar-refractivity contribution in [3.8, 4) is 0 Å². The van der Waals surface area contributed by atoms with Crippen molar-refractivity contribution in [2.45, 2.75) is 104 Å². The second kappa shape index (κ2) is 8.13. The van der Waals surface area contributed by atoms with Crippen LogP contribution in [0.2, 0.25) is 0 Å². The molecule has 0 spiro atoms. The molecule has 0 bridgehead atoms. The number of aryl methyl sites for hydroxylation is 1. The molecule has 0 unspecified atom stereocenters. The van der Waals surface area contributed by atoms with Crippen LogP contribution in [0.15, 0.2) is 18.2 Å². The van der Waals surface area contributed by atoms with E-state index in [9.17, 15) is 9.90 Å². The van der Waals surface area contributed by atoms with Gasteiger partial charge in [0, 0.05) is 5.92 Å². The molecule has 4 saturated carbocycles. The summed E-state index contributed by atoms with van der Waals surface area (Å²) in [6, 6.07) is 6.28. The summed E-state index contributed by atoms with van der Waals surface area (Å²) in [6.07, 6.45) is 11.2. The average molecular weight is 478 g/mol. The van der Waals surface area contributed by atoms with Gasteiger partial charge >= 0.3 is 0 Å². The SMILES string of the molecule is CCc1ccc2nnn(CC(=O)[C@H]3CC[C@H]4[C@@H]5CC[C@H]6C[C@](C)(O)CC[C@]6(C)[C@H]5CC[C@]34C)c2c1. The number of aliphatic hydroxyl groups is 1. The minimum atomic E-state index is -0.478. The highest BCUT2D eigenvalue weighted by molar-refractivity contribution is 5.84. The highest BCUT2D eigenvalue weighted by Gasteiger charge is 2.61. The number of nitrogens with zero attached hydrogens (tertiary/aromatic N) is 3. The number of carbonyl (C=O) groups excluding carboxylic acids is 1. The molecule has 4 fully saturated rings. The van der Waals surface area contributed by atoms with Crippen molar-refractivity contribution in [1.29, 1.82) is 0 Å². The molecule has 35 heavy (non-hydrogen) atoms. The van der Waals surface area contributed by atoms with Crippen LogP contribution >= 0.6 is 0 Å². The van der Waals surface area contributed by atoms with Crippen LogP contribution < -0.4 is 0 Å². The van der Waals surface area contributed by atoms with E-state index in [1.54, 1.807) is 0 Å². The number of carbonyl (C=O) groups is 1. The number of Topliss-reactive ketones (excluding diaryl/α,β-unsaturated/α-hetero) is 1. The summed E-state index contributed by atoms with van der Waals surface area (Å²) in [5.74, 6) is 3.32. The second-order valence-electron chi connectivity index (χ2n) is 13.4. The Morgan fingerprint density at radius 1 is 1.03 bits per heavy atom. The Morgan fingerprint density at radius 2 is 1.83 bits per heavy atom. The molecule has 4 aliphatic carbocycles. The molecule has 5 nitrogen and oxygen atoms in total. The van der Waals surface area contributed by atoms with Crippen molar-refractivity contribution in [3.63, 3.8) is 0 Å². The van der Waals surface area contributed by atoms with E-state index in [1.165, 1.54) is 37.7 Å². The summed E-state index contributed by atoms with van der Waals surface area (Å²) in [5, 5.41) is 19.5. The lowest BCUT2D eigenvalue weighted by Gasteiger charge is -2.61. The lowest BCUT2D eigenvalue weighted by Crippen LogP contribution is -2.55. The van der Waals surface area contributed by atoms with Gasteiger partial charge in [-0.15, -0.1) is 5.10 Å². The number of benzene rings is 1. The molecular weight excluding hydrogens is 434 g/mol. The van der Waals surface area contributed by atoms with Gasteiger partial charge in [0.1, 0.15) is 12.1 Å². The van der Waals surface area contributed by atoms with E-state index in [1.807, 2.05) is 17.7 Å². The molecule has 4 aliphatic rings. The van der Waals surface area contributed by atoms with Gasteiger partial charge < -0.3 is 5.11 Å². The number of fused-ring (bicyclic) bond motifs is 6. The lowest BCUT2D eigenvalue weighted by molar-refractivity contribution is -0.151. The molecule has 1 N–H and O–H groups in total. The first-order valence-electron chi connectivity index (χ1n) is 14.2. The standard InChI is InChI=1S/C30H43N3O2/c1-5-19-6-11-25-26(16-19)33(32-31-25)18-27(34)24-10-9-22-21-8-7-20-17-28(2,35)14-15-29(20,3)23(21)12-13-30(22,24)4/h6,11,16,20-24,35H,5,7-10,12-15,17-18H2,1-4H3/t20-,21-,22-,23-,24+,28+,29-,30-/m0/s1. The Morgan fingerprint density at radius 3 is 2.63 bits per heavy atom. The van der Waals surface area contributed by atoms with Crippen molar-refractivity contribution in [2.75, 3.05) is 0 Å². The number of ketones is 1. The monoisotopic (exact) mass is 477 g/mol. The summed E-state index contributed by atoms with van der Waals surface area (Å²) < 4.78 is 1.85. The highest BCUT2D eigenvalue weighted by Crippen LogP contribution is 2.68. The van der Waals surface area contributed by atoms with Gasteiger partial charge in [-0.25, -0.2) is 4.68 Å². The summed E-state index contributed by atoms with van der Waals surface area (Å²) in [6.45, 7) is 9.53. The Bertz CT molecular complexity index is 1140. The minimum absolute atomic E-state index is 0.118. The normalized spacial score (nSPS) is 42.9. The topological polar surface area (TPSA) is 68.0 Å². The molecule has 0 aliphatic heterocycles. The summed E-state index contributed by atoms with van der Waals surface area (Å²) in [4.78, 5) is 13.8. The largest absolute Gasteiger partial charge is 0.390 e. The second-order valence-corrected chi connectivity index (χ2v) is 13.4. The third-order valence-corrected chi connectivity index (χ3v) is 11.6. The van der Waals surface area contributed by atoms with E-state index in [0.717, 1.165) is 55.0 Å². The third kappa shape index (κ3) is 3.62. The zero-order valence-corrected chi connectivity index (χ0v) is 22.1. The molecule has 0 amide bonds. The van der Waals surface area contributed by atoms with E-state index in [0.29, 0.717) is 29.6 Å². The predicted molar refractivity (Wildman–Crippen MR) is 138 cm³/mol. The van der Waals surface area contributed by atoms with Gasteiger partial charge in [0.05, 0.1) is 11.1 Å². The number of hydrogen-bond acceptors (Lipinski definition) is 4. The zero-order chi connectivity index (χ0) is 24.6. The minimum Gasteiger partial charge on any atom is -0.390 e. The van der Waals surface area contributed by atoms with Crippen LogP contribution in [0.25, 0.3) is 11.0 Å². The van der Waals surface area contributed by atoms with Crippen molar-refractivity contribution < 1.29 is 9.90 Å². The van der Waals surface area contributed by atoms with E-state index in [-0.39, 0.29) is 11.3 Å². The van der Waals surface area contributed by atoms with Crippen LogP contribution in [0.1, 0.15) is 91.0 Å². The highest BCUT2D eigenvalue weighted by atomic mass is 16.3. The molecule has 1 aromatic heterocycles. The van der Waals surface area contributed by atoms with Crippen molar-refractivity contribution in [1.82, 2.24) is 15.0 Å². The number of hydrogen-bond donors (Lipinski definition) is 1. The molecule has 0 saturated heterocycles. The first kappa shape index (κ1) is 23.6. The van der Waals surface area contributed by atoms with Crippen molar-refractivity contribution in [2.24, 2.45) is 40.4 Å². The first-order chi connectivity index (χ1) is 16.6. The van der Waals surface area contributed by atoms with Gasteiger partial charge in [0.2, 0.25) is 0 Å². The molecular formula is C30H43N3O2. The van der Waals surface area contributed by atoms with Crippen LogP contribution in [-0.4, -0.2) is 31.5 Å². The fourth-order valence-electron chi connectivity index (χ4n) is 9.57. The van der Waals surface area contributed by atoms with Gasteiger partial charge in [-0.2, -0.15) is 0 Å². The predicted octanol–water partition coefficient (Wildman–Crippen LogP) is 5.97. The van der Waals surface area contributed by atoms with E-state index in [2.05, 4.69) is 43.2 Å². The quantitative estimate of drug-likeness (QED) is 0.589. The van der Waals surface area contributed by atoms with Gasteiger partial charge in [-0.1, -0.05) is 32.1 Å². The molecule has 1 aromatic carbocycles. The molecule has 6 rings (SSSR count). The Kier molecular flexibility index (Phi) is 5.49. The van der Waals surface area contributed by atoms with Crippen LogP contribution in [0.4, 0.5) is 0 Å². The van der Waals surface area contributed by atoms with Gasteiger partial charge in [0.25, 0.3) is 0 Å². The first-order valence-corrected chi connectivity index (χ1v) is 14.2. The molecule has 1 heterocycles. The molecule has 0 radical (unpaired) electrons. The van der Waals surface area contributed by atoms with Crippen LogP contribution in [0.3, 0.4) is 0 Å². The number of aromatic nitrogens is 3. The fraction of sp³-hybridized carbons (Fsp3) is 0.767. The van der Waals surface area contributed by atoms with Crippen molar-refractivity contribution in [3.05, 3.63) is 23.8 Å². The summed E-state index contributed by atoms with van der Waals surface area (Å²) in [5.41, 5.74) is 3.13. The fourth-order valence-corrected chi connectivity index (χ4v) is 9.57. The Labute approximate surface area is 210 Å². The van der Waals surface area contributed by atoms with Gasteiger partial charge in [-0.05, 0) is 123 Å². The van der Waals surface area contributed by atoms with Crippen LogP contribution in [-0.2, 0) is 17.8 Å². The molecule has 8 atom stereocenters. The maximum Gasteiger partial charge on any atom is 0.157 e. The maximum absolute atomic E-state index is 13.8. The Balaban J connectivity index is 1.22. The van der Waals surface area contributed by atoms with E-state index >= 15 is 0 Å². The lowest BCUT2D eigenvalue weighted by atomic mass is 9.44. The molecule has 190 valence electrons. The smallest absolute Gasteiger partial charge is 0.157 e. The van der Waals surface area contributed by atoms with Crippen LogP contribution in [0.5, 0.6) is 0 Å². The zero-order valence-electron chi connectivity index (χ0n) is 22.1. The van der Waals surface area contributed by atoms with E-state index < -0.39 is 5.60 Å². The maximum atomic E-state index is 13.8.